The van der Waals surface area contributed by atoms with E-state index in [0.717, 1.165) is 10.8 Å². The van der Waals surface area contributed by atoms with Crippen LogP contribution in [0.3, 0.4) is 0 Å². The number of likely N-dealkylation sites (tertiary alicyclic amines) is 1. The van der Waals surface area contributed by atoms with Crippen molar-refractivity contribution in [3.8, 4) is 0 Å². The maximum atomic E-state index is 14.6. The fourth-order valence-electron chi connectivity index (χ4n) is 7.05. The van der Waals surface area contributed by atoms with Gasteiger partial charge in [-0.3, -0.25) is 14.4 Å². The fourth-order valence-corrected chi connectivity index (χ4v) is 7.05. The summed E-state index contributed by atoms with van der Waals surface area (Å²) >= 11 is 0. The summed E-state index contributed by atoms with van der Waals surface area (Å²) in [4.78, 5) is 45.4. The molecule has 0 saturated carbocycles. The molecule has 5 rings (SSSR count). The summed E-state index contributed by atoms with van der Waals surface area (Å²) in [6, 6.07) is 12.9. The zero-order valence-electron chi connectivity index (χ0n) is 23.1. The molecule has 8 nitrogen and oxygen atoms in total. The first-order valence-electron chi connectivity index (χ1n) is 14.1. The lowest BCUT2D eigenvalue weighted by Gasteiger charge is -2.37. The Balaban J connectivity index is 1.55. The van der Waals surface area contributed by atoms with Crippen LogP contribution in [0.4, 0.5) is 5.69 Å². The molecule has 3 aliphatic rings. The summed E-state index contributed by atoms with van der Waals surface area (Å²) in [6.45, 7) is 10.1. The van der Waals surface area contributed by atoms with E-state index in [0.29, 0.717) is 44.3 Å². The van der Waals surface area contributed by atoms with Gasteiger partial charge < -0.3 is 24.4 Å². The minimum atomic E-state index is -1.13. The Morgan fingerprint density at radius 3 is 2.62 bits per heavy atom. The van der Waals surface area contributed by atoms with E-state index in [4.69, 9.17) is 9.47 Å². The van der Waals surface area contributed by atoms with Gasteiger partial charge in [0, 0.05) is 25.4 Å². The van der Waals surface area contributed by atoms with Crippen LogP contribution in [0.1, 0.15) is 39.0 Å². The standard InChI is InChI=1S/C32H38N2O6/c1-4-17-33(24-14-13-22-11-7-8-12-23(22)21-24)29(37)27-32-16-15-31(3,40-32)26(30(38)39-20-5-2)25(32)28(36)34(27)18-9-6-10-19-35/h4-5,7-8,11-14,21,25-27,35H,1-2,6,9-10,15-20H2,3H3/t25-,26-,27?,31+,32?/m0/s1. The third kappa shape index (κ3) is 4.53. The van der Waals surface area contributed by atoms with Crippen LogP contribution in [0.2, 0.25) is 0 Å². The van der Waals surface area contributed by atoms with E-state index >= 15 is 0 Å². The number of carbonyl (C=O) groups excluding carboxylic acids is 3. The molecule has 2 bridgehead atoms. The number of unbranched alkanes of at least 4 members (excludes halogenated alkanes) is 2. The van der Waals surface area contributed by atoms with Gasteiger partial charge in [0.1, 0.15) is 24.2 Å². The molecule has 8 heteroatoms. The Hall–Kier alpha value is -3.49. The number of amides is 2. The van der Waals surface area contributed by atoms with Crippen molar-refractivity contribution >= 4 is 34.2 Å². The number of nitrogens with zero attached hydrogens (tertiary/aromatic N) is 2. The molecule has 3 aliphatic heterocycles. The lowest BCUT2D eigenvalue weighted by Crippen LogP contribution is -2.56. The van der Waals surface area contributed by atoms with Gasteiger partial charge in [0.2, 0.25) is 5.91 Å². The molecule has 1 spiro atoms. The fraction of sp³-hybridized carbons (Fsp3) is 0.469. The van der Waals surface area contributed by atoms with Crippen LogP contribution < -0.4 is 4.90 Å². The molecular weight excluding hydrogens is 508 g/mol. The van der Waals surface area contributed by atoms with Gasteiger partial charge in [-0.05, 0) is 61.9 Å². The molecule has 2 unspecified atom stereocenters. The van der Waals surface area contributed by atoms with Gasteiger partial charge >= 0.3 is 5.97 Å². The molecule has 2 aromatic carbocycles. The van der Waals surface area contributed by atoms with Crippen molar-refractivity contribution in [1.29, 1.82) is 0 Å². The maximum Gasteiger partial charge on any atom is 0.313 e. The maximum absolute atomic E-state index is 14.6. The Morgan fingerprint density at radius 2 is 1.90 bits per heavy atom. The number of hydrogen-bond donors (Lipinski definition) is 1. The first-order valence-corrected chi connectivity index (χ1v) is 14.1. The normalized spacial score (nSPS) is 28.5. The van der Waals surface area contributed by atoms with Crippen LogP contribution in [0, 0.1) is 11.8 Å². The highest BCUT2D eigenvalue weighted by Gasteiger charge is 2.78. The van der Waals surface area contributed by atoms with Crippen LogP contribution in [0.15, 0.2) is 67.8 Å². The number of esters is 1. The highest BCUT2D eigenvalue weighted by molar-refractivity contribution is 6.05. The number of aliphatic hydroxyl groups excluding tert-OH is 1. The molecular formula is C32H38N2O6. The van der Waals surface area contributed by atoms with Crippen molar-refractivity contribution < 1.29 is 29.0 Å². The summed E-state index contributed by atoms with van der Waals surface area (Å²) in [7, 11) is 0. The molecule has 212 valence electrons. The van der Waals surface area contributed by atoms with E-state index in [1.165, 1.54) is 6.08 Å². The second kappa shape index (κ2) is 11.2. The van der Waals surface area contributed by atoms with Crippen molar-refractivity contribution in [1.82, 2.24) is 4.90 Å². The van der Waals surface area contributed by atoms with Crippen LogP contribution >= 0.6 is 0 Å². The van der Waals surface area contributed by atoms with Gasteiger partial charge in [0.05, 0.1) is 11.5 Å². The molecule has 1 N–H and O–H groups in total. The van der Waals surface area contributed by atoms with Crippen molar-refractivity contribution in [2.24, 2.45) is 11.8 Å². The number of rotatable bonds is 12. The summed E-state index contributed by atoms with van der Waals surface area (Å²) in [5, 5.41) is 11.3. The lowest BCUT2D eigenvalue weighted by molar-refractivity contribution is -0.158. The summed E-state index contributed by atoms with van der Waals surface area (Å²) in [6.07, 6.45) is 6.16. The topological polar surface area (TPSA) is 96.4 Å². The van der Waals surface area contributed by atoms with Crippen molar-refractivity contribution in [3.63, 3.8) is 0 Å². The van der Waals surface area contributed by atoms with Crippen molar-refractivity contribution in [2.45, 2.75) is 56.3 Å². The largest absolute Gasteiger partial charge is 0.461 e. The van der Waals surface area contributed by atoms with Crippen LogP contribution in [0.5, 0.6) is 0 Å². The molecule has 0 aliphatic carbocycles. The molecule has 3 heterocycles. The van der Waals surface area contributed by atoms with Gasteiger partial charge in [-0.15, -0.1) is 6.58 Å². The van der Waals surface area contributed by atoms with E-state index in [2.05, 4.69) is 13.2 Å². The Labute approximate surface area is 235 Å². The summed E-state index contributed by atoms with van der Waals surface area (Å²) in [5.41, 5.74) is -1.32. The van der Waals surface area contributed by atoms with E-state index < -0.39 is 35.0 Å². The number of fused-ring (bicyclic) bond motifs is 2. The zero-order valence-corrected chi connectivity index (χ0v) is 23.1. The van der Waals surface area contributed by atoms with Gasteiger partial charge in [0.25, 0.3) is 5.91 Å². The van der Waals surface area contributed by atoms with Crippen LogP contribution in [-0.2, 0) is 23.9 Å². The SMILES string of the molecule is C=CCOC(=O)[C@@H]1[C@H]2C(=O)N(CCCCCO)C(C(=O)N(CC=C)c3ccc4ccccc4c3)C23CC[C@@]1(C)O3. The molecule has 5 atom stereocenters. The third-order valence-corrected chi connectivity index (χ3v) is 8.79. The minimum Gasteiger partial charge on any atom is -0.461 e. The molecule has 3 saturated heterocycles. The molecule has 0 aromatic heterocycles. The molecule has 0 radical (unpaired) electrons. The van der Waals surface area contributed by atoms with Crippen LogP contribution in [0.25, 0.3) is 10.8 Å². The van der Waals surface area contributed by atoms with Crippen LogP contribution in [-0.4, -0.2) is 71.3 Å². The summed E-state index contributed by atoms with van der Waals surface area (Å²) < 4.78 is 12.1. The molecule has 40 heavy (non-hydrogen) atoms. The van der Waals surface area contributed by atoms with E-state index in [1.54, 1.807) is 15.9 Å². The monoisotopic (exact) mass is 546 g/mol. The first-order chi connectivity index (χ1) is 19.3. The second-order valence-electron chi connectivity index (χ2n) is 11.2. The third-order valence-electron chi connectivity index (χ3n) is 8.79. The number of ether oxygens (including phenoxy) is 2. The highest BCUT2D eigenvalue weighted by atomic mass is 16.6. The zero-order chi connectivity index (χ0) is 28.5. The minimum absolute atomic E-state index is 0.0433. The number of benzene rings is 2. The molecule has 2 amide bonds. The number of hydrogen-bond acceptors (Lipinski definition) is 6. The predicted molar refractivity (Wildman–Crippen MR) is 153 cm³/mol. The lowest BCUT2D eigenvalue weighted by atomic mass is 9.66. The molecule has 3 fully saturated rings. The average Bonchev–Trinajstić information content (AvgIpc) is 3.52. The quantitative estimate of drug-likeness (QED) is 0.246. The van der Waals surface area contributed by atoms with E-state index in [1.807, 2.05) is 49.4 Å². The van der Waals surface area contributed by atoms with E-state index in [9.17, 15) is 19.5 Å². The molecule has 2 aromatic rings. The highest BCUT2D eigenvalue weighted by Crippen LogP contribution is 2.63. The van der Waals surface area contributed by atoms with Gasteiger partial charge in [-0.25, -0.2) is 0 Å². The predicted octanol–water partition coefficient (Wildman–Crippen LogP) is 4.02. The second-order valence-corrected chi connectivity index (χ2v) is 11.2. The number of aliphatic hydroxyl groups is 1. The Morgan fingerprint density at radius 1 is 1.12 bits per heavy atom. The van der Waals surface area contributed by atoms with Gasteiger partial charge in [-0.1, -0.05) is 49.1 Å². The number of carbonyl (C=O) groups is 3. The average molecular weight is 547 g/mol. The van der Waals surface area contributed by atoms with Crippen molar-refractivity contribution in [3.05, 3.63) is 67.8 Å². The number of anilines is 1. The smallest absolute Gasteiger partial charge is 0.313 e. The summed E-state index contributed by atoms with van der Waals surface area (Å²) in [5.74, 6) is -2.61. The van der Waals surface area contributed by atoms with E-state index in [-0.39, 0.29) is 31.6 Å². The first kappa shape index (κ1) is 28.1. The Bertz CT molecular complexity index is 1330. The van der Waals surface area contributed by atoms with Gasteiger partial charge in [0.15, 0.2) is 0 Å². The Kier molecular flexibility index (Phi) is 7.84. The van der Waals surface area contributed by atoms with Gasteiger partial charge in [-0.2, -0.15) is 0 Å². The van der Waals surface area contributed by atoms with Crippen molar-refractivity contribution in [2.75, 3.05) is 31.2 Å².